The minimum atomic E-state index is -0.997. The van der Waals surface area contributed by atoms with Crippen molar-refractivity contribution in [3.63, 3.8) is 0 Å². The van der Waals surface area contributed by atoms with Gasteiger partial charge in [0.2, 0.25) is 0 Å². The number of anilines is 1. The van der Waals surface area contributed by atoms with Crippen LogP contribution in [0.2, 0.25) is 0 Å². The van der Waals surface area contributed by atoms with Crippen molar-refractivity contribution < 1.29 is 8.78 Å². The molecule has 0 saturated heterocycles. The van der Waals surface area contributed by atoms with E-state index < -0.39 is 11.6 Å². The predicted octanol–water partition coefficient (Wildman–Crippen LogP) is 2.74. The summed E-state index contributed by atoms with van der Waals surface area (Å²) in [7, 11) is 0. The lowest BCUT2D eigenvalue weighted by atomic mass is 10.2. The predicted molar refractivity (Wildman–Crippen MR) is 83.1 cm³/mol. The molecule has 0 radical (unpaired) electrons. The van der Waals surface area contributed by atoms with E-state index in [0.717, 1.165) is 26.1 Å². The normalized spacial score (nSPS) is 10.8. The highest BCUT2D eigenvalue weighted by molar-refractivity contribution is 7.80. The lowest BCUT2D eigenvalue weighted by Gasteiger charge is -2.20. The molecule has 0 bridgehead atoms. The van der Waals surface area contributed by atoms with Crippen LogP contribution in [-0.4, -0.2) is 36.1 Å². The highest BCUT2D eigenvalue weighted by Crippen LogP contribution is 2.20. The van der Waals surface area contributed by atoms with Crippen molar-refractivity contribution in [2.75, 3.05) is 31.5 Å². The molecule has 0 aliphatic heterocycles. The van der Waals surface area contributed by atoms with Crippen LogP contribution < -0.4 is 11.1 Å². The molecule has 0 heterocycles. The molecule has 1 aromatic rings. The van der Waals surface area contributed by atoms with Gasteiger partial charge < -0.3 is 16.0 Å². The Morgan fingerprint density at radius 3 is 2.50 bits per heavy atom. The van der Waals surface area contributed by atoms with E-state index in [-0.39, 0.29) is 16.2 Å². The largest absolute Gasteiger partial charge is 0.389 e. The van der Waals surface area contributed by atoms with E-state index >= 15 is 0 Å². The molecule has 3 nitrogen and oxygen atoms in total. The van der Waals surface area contributed by atoms with E-state index in [1.54, 1.807) is 0 Å². The van der Waals surface area contributed by atoms with Gasteiger partial charge in [-0.1, -0.05) is 26.1 Å². The van der Waals surface area contributed by atoms with Gasteiger partial charge in [0.15, 0.2) is 11.6 Å². The van der Waals surface area contributed by atoms with E-state index in [2.05, 4.69) is 36.3 Å². The van der Waals surface area contributed by atoms with Crippen molar-refractivity contribution in [2.24, 2.45) is 5.73 Å². The van der Waals surface area contributed by atoms with Gasteiger partial charge in [0, 0.05) is 18.7 Å². The van der Waals surface area contributed by atoms with Gasteiger partial charge in [-0.15, -0.1) is 0 Å². The van der Waals surface area contributed by atoms with Gasteiger partial charge in [-0.25, -0.2) is 8.78 Å². The molecule has 6 heteroatoms. The van der Waals surface area contributed by atoms with E-state index in [0.29, 0.717) is 6.54 Å². The molecule has 0 aromatic heterocycles. The zero-order valence-electron chi connectivity index (χ0n) is 11.9. The van der Waals surface area contributed by atoms with Crippen molar-refractivity contribution in [3.8, 4) is 0 Å². The van der Waals surface area contributed by atoms with Gasteiger partial charge in [0.25, 0.3) is 0 Å². The second kappa shape index (κ2) is 8.11. The third kappa shape index (κ3) is 4.38. The van der Waals surface area contributed by atoms with Crippen molar-refractivity contribution >= 4 is 22.9 Å². The molecule has 0 spiro atoms. The van der Waals surface area contributed by atoms with Crippen molar-refractivity contribution in [3.05, 3.63) is 29.3 Å². The molecule has 0 amide bonds. The first-order chi connectivity index (χ1) is 9.51. The summed E-state index contributed by atoms with van der Waals surface area (Å²) in [4.78, 5) is 2.10. The fourth-order valence-electron chi connectivity index (χ4n) is 1.97. The SMILES string of the molecule is CCCN(CC)CCNc1ccc(C(N)=S)c(F)c1F. The van der Waals surface area contributed by atoms with Crippen LogP contribution in [0.4, 0.5) is 14.5 Å². The average Bonchev–Trinajstić information content (AvgIpc) is 2.42. The first kappa shape index (κ1) is 16.8. The number of benzene rings is 1. The van der Waals surface area contributed by atoms with Crippen LogP contribution in [0.15, 0.2) is 12.1 Å². The van der Waals surface area contributed by atoms with Gasteiger partial charge in [-0.3, -0.25) is 0 Å². The summed E-state index contributed by atoms with van der Waals surface area (Å²) in [5.74, 6) is -1.93. The van der Waals surface area contributed by atoms with Crippen LogP contribution in [0.1, 0.15) is 25.8 Å². The Morgan fingerprint density at radius 1 is 1.25 bits per heavy atom. The molecule has 20 heavy (non-hydrogen) atoms. The molecule has 1 rings (SSSR count). The molecule has 0 fully saturated rings. The molecule has 0 saturated carbocycles. The average molecular weight is 301 g/mol. The van der Waals surface area contributed by atoms with E-state index in [1.807, 2.05) is 0 Å². The van der Waals surface area contributed by atoms with Gasteiger partial charge in [0.05, 0.1) is 5.69 Å². The smallest absolute Gasteiger partial charge is 0.182 e. The molecule has 1 aromatic carbocycles. The number of hydrogen-bond donors (Lipinski definition) is 2. The lowest BCUT2D eigenvalue weighted by molar-refractivity contribution is 0.300. The number of thiocarbonyl (C=S) groups is 1. The first-order valence-electron chi connectivity index (χ1n) is 6.75. The maximum Gasteiger partial charge on any atom is 0.182 e. The Labute approximate surface area is 124 Å². The topological polar surface area (TPSA) is 41.3 Å². The quantitative estimate of drug-likeness (QED) is 0.725. The Hall–Kier alpha value is -1.27. The number of nitrogens with two attached hydrogens (primary N) is 1. The summed E-state index contributed by atoms with van der Waals surface area (Å²) in [5, 5.41) is 2.90. The van der Waals surface area contributed by atoms with Crippen LogP contribution in [0, 0.1) is 11.6 Å². The van der Waals surface area contributed by atoms with Gasteiger partial charge in [-0.2, -0.15) is 0 Å². The van der Waals surface area contributed by atoms with Crippen molar-refractivity contribution in [1.82, 2.24) is 4.90 Å². The highest BCUT2D eigenvalue weighted by atomic mass is 32.1. The monoisotopic (exact) mass is 301 g/mol. The second-order valence-corrected chi connectivity index (χ2v) is 4.95. The Morgan fingerprint density at radius 2 is 1.95 bits per heavy atom. The molecular formula is C14H21F2N3S. The maximum atomic E-state index is 13.8. The summed E-state index contributed by atoms with van der Waals surface area (Å²) < 4.78 is 27.5. The third-order valence-corrected chi connectivity index (χ3v) is 3.30. The Balaban J connectivity index is 2.65. The zero-order chi connectivity index (χ0) is 15.1. The number of likely N-dealkylation sites (N-methyl/N-ethyl adjacent to an activating group) is 1. The standard InChI is InChI=1S/C14H21F2N3S/c1-3-8-19(4-2)9-7-18-11-6-5-10(14(17)20)12(15)13(11)16/h5-6,18H,3-4,7-9H2,1-2H3,(H2,17,20). The van der Waals surface area contributed by atoms with Crippen molar-refractivity contribution in [2.45, 2.75) is 20.3 Å². The van der Waals surface area contributed by atoms with Crippen molar-refractivity contribution in [1.29, 1.82) is 0 Å². The van der Waals surface area contributed by atoms with Gasteiger partial charge >= 0.3 is 0 Å². The first-order valence-corrected chi connectivity index (χ1v) is 7.16. The fourth-order valence-corrected chi connectivity index (χ4v) is 2.13. The number of nitrogens with one attached hydrogen (secondary N) is 1. The molecule has 0 unspecified atom stereocenters. The second-order valence-electron chi connectivity index (χ2n) is 4.51. The summed E-state index contributed by atoms with van der Waals surface area (Å²) in [5.41, 5.74) is 5.39. The minimum Gasteiger partial charge on any atom is -0.389 e. The van der Waals surface area contributed by atoms with Crippen LogP contribution in [-0.2, 0) is 0 Å². The van der Waals surface area contributed by atoms with Crippen LogP contribution >= 0.6 is 12.2 Å². The fraction of sp³-hybridized carbons (Fsp3) is 0.500. The Kier molecular flexibility index (Phi) is 6.81. The van der Waals surface area contributed by atoms with Crippen LogP contribution in [0.25, 0.3) is 0 Å². The highest BCUT2D eigenvalue weighted by Gasteiger charge is 2.14. The van der Waals surface area contributed by atoms with Gasteiger partial charge in [0.1, 0.15) is 4.99 Å². The Bertz CT molecular complexity index is 466. The summed E-state index contributed by atoms with van der Waals surface area (Å²) in [6.45, 7) is 7.45. The van der Waals surface area contributed by atoms with Crippen LogP contribution in [0.5, 0.6) is 0 Å². The lowest BCUT2D eigenvalue weighted by Crippen LogP contribution is -2.29. The molecule has 0 aliphatic carbocycles. The van der Waals surface area contributed by atoms with Crippen LogP contribution in [0.3, 0.4) is 0 Å². The number of nitrogens with zero attached hydrogens (tertiary/aromatic N) is 1. The van der Waals surface area contributed by atoms with E-state index in [1.165, 1.54) is 12.1 Å². The summed E-state index contributed by atoms with van der Waals surface area (Å²) in [6, 6.07) is 2.86. The number of rotatable bonds is 8. The minimum absolute atomic E-state index is 0.0655. The maximum absolute atomic E-state index is 13.8. The van der Waals surface area contributed by atoms with E-state index in [4.69, 9.17) is 5.73 Å². The molecule has 0 aliphatic rings. The number of halogens is 2. The third-order valence-electron chi connectivity index (χ3n) is 3.08. The summed E-state index contributed by atoms with van der Waals surface area (Å²) in [6.07, 6.45) is 1.07. The summed E-state index contributed by atoms with van der Waals surface area (Å²) >= 11 is 4.66. The molecular weight excluding hydrogens is 280 g/mol. The number of hydrogen-bond acceptors (Lipinski definition) is 3. The zero-order valence-corrected chi connectivity index (χ0v) is 12.7. The van der Waals surface area contributed by atoms with Gasteiger partial charge in [-0.05, 0) is 31.6 Å². The molecule has 112 valence electrons. The molecule has 3 N–H and O–H groups in total. The van der Waals surface area contributed by atoms with E-state index in [9.17, 15) is 8.78 Å². The molecule has 0 atom stereocenters.